The van der Waals surface area contributed by atoms with E-state index in [9.17, 15) is 4.79 Å². The summed E-state index contributed by atoms with van der Waals surface area (Å²) in [5.74, 6) is 0.0289. The maximum absolute atomic E-state index is 11.5. The topological polar surface area (TPSA) is 30.0 Å². The highest BCUT2D eigenvalue weighted by Crippen LogP contribution is 2.21. The third-order valence-electron chi connectivity index (χ3n) is 2.18. The summed E-state index contributed by atoms with van der Waals surface area (Å²) in [6, 6.07) is 5.62. The predicted octanol–water partition coefficient (Wildman–Crippen LogP) is 3.19. The van der Waals surface area contributed by atoms with Gasteiger partial charge in [0, 0.05) is 17.3 Å². The minimum Gasteiger partial charge on any atom is -0.294 e. The van der Waals surface area contributed by atoms with E-state index in [1.54, 1.807) is 31.3 Å². The highest BCUT2D eigenvalue weighted by Gasteiger charge is 2.11. The van der Waals surface area contributed by atoms with E-state index in [2.05, 4.69) is 11.6 Å². The Labute approximate surface area is 96.0 Å². The molecule has 0 amide bonds. The zero-order chi connectivity index (χ0) is 12.0. The Hall–Kier alpha value is -1.96. The molecule has 0 unspecified atom stereocenters. The number of nitrogens with zero attached hydrogens (tertiary/aromatic N) is 1. The standard InChI is InChI=1S/C14H15NO/c1-4-8-13(12(5-2)11(3)16)14-9-6-7-10-15-14/h4-10H,1H2,2-3H3/b12-5-,13-8+. The number of carbonyl (C=O) groups excluding carboxylic acids is 1. The van der Waals surface area contributed by atoms with Crippen molar-refractivity contribution in [2.45, 2.75) is 13.8 Å². The smallest absolute Gasteiger partial charge is 0.160 e. The molecule has 2 nitrogen and oxygen atoms in total. The zero-order valence-electron chi connectivity index (χ0n) is 9.60. The number of allylic oxidation sites excluding steroid dienone is 5. The van der Waals surface area contributed by atoms with Gasteiger partial charge in [-0.3, -0.25) is 9.78 Å². The summed E-state index contributed by atoms with van der Waals surface area (Å²) in [7, 11) is 0. The van der Waals surface area contributed by atoms with E-state index in [0.717, 1.165) is 11.3 Å². The molecule has 0 fully saturated rings. The number of Topliss-reactive ketones (excluding diaryl/α,β-unsaturated/α-hetero) is 1. The average molecular weight is 213 g/mol. The number of hydrogen-bond acceptors (Lipinski definition) is 2. The third-order valence-corrected chi connectivity index (χ3v) is 2.18. The van der Waals surface area contributed by atoms with Crippen LogP contribution in [0.15, 0.2) is 54.8 Å². The molecule has 0 aromatic carbocycles. The first-order valence-corrected chi connectivity index (χ1v) is 5.12. The molecule has 1 heterocycles. The van der Waals surface area contributed by atoms with Crippen LogP contribution in [0.3, 0.4) is 0 Å². The molecule has 16 heavy (non-hydrogen) atoms. The molecule has 0 spiro atoms. The fourth-order valence-electron chi connectivity index (χ4n) is 1.50. The van der Waals surface area contributed by atoms with E-state index < -0.39 is 0 Å². The maximum atomic E-state index is 11.5. The van der Waals surface area contributed by atoms with Crippen LogP contribution in [0.1, 0.15) is 19.5 Å². The molecule has 0 saturated heterocycles. The van der Waals surface area contributed by atoms with Crippen molar-refractivity contribution in [1.29, 1.82) is 0 Å². The summed E-state index contributed by atoms with van der Waals surface area (Å²) in [4.78, 5) is 15.7. The largest absolute Gasteiger partial charge is 0.294 e. The summed E-state index contributed by atoms with van der Waals surface area (Å²) in [6.07, 6.45) is 6.97. The first-order valence-electron chi connectivity index (χ1n) is 5.12. The van der Waals surface area contributed by atoms with Crippen LogP contribution in [0.4, 0.5) is 0 Å². The van der Waals surface area contributed by atoms with Gasteiger partial charge in [-0.05, 0) is 26.0 Å². The Morgan fingerprint density at radius 1 is 1.44 bits per heavy atom. The Bertz CT molecular complexity index is 441. The normalized spacial score (nSPS) is 12.4. The van der Waals surface area contributed by atoms with Crippen LogP contribution in [0.5, 0.6) is 0 Å². The molecule has 0 atom stereocenters. The lowest BCUT2D eigenvalue weighted by Crippen LogP contribution is -2.01. The van der Waals surface area contributed by atoms with E-state index >= 15 is 0 Å². The molecule has 0 N–H and O–H groups in total. The Balaban J connectivity index is 3.26. The lowest BCUT2D eigenvalue weighted by Gasteiger charge is -2.07. The highest BCUT2D eigenvalue weighted by atomic mass is 16.1. The third kappa shape index (κ3) is 2.76. The van der Waals surface area contributed by atoms with Gasteiger partial charge in [0.1, 0.15) is 0 Å². The number of hydrogen-bond donors (Lipinski definition) is 0. The van der Waals surface area contributed by atoms with Crippen molar-refractivity contribution in [1.82, 2.24) is 4.98 Å². The molecule has 1 aromatic rings. The van der Waals surface area contributed by atoms with Gasteiger partial charge in [-0.25, -0.2) is 0 Å². The van der Waals surface area contributed by atoms with E-state index in [1.807, 2.05) is 25.1 Å². The molecule has 0 aliphatic carbocycles. The molecule has 0 radical (unpaired) electrons. The lowest BCUT2D eigenvalue weighted by atomic mass is 9.98. The van der Waals surface area contributed by atoms with Crippen LogP contribution >= 0.6 is 0 Å². The van der Waals surface area contributed by atoms with Crippen LogP contribution in [0, 0.1) is 0 Å². The Morgan fingerprint density at radius 2 is 2.19 bits per heavy atom. The van der Waals surface area contributed by atoms with Gasteiger partial charge in [0.05, 0.1) is 5.69 Å². The van der Waals surface area contributed by atoms with Gasteiger partial charge in [-0.2, -0.15) is 0 Å². The second-order valence-corrected chi connectivity index (χ2v) is 3.29. The molecule has 0 bridgehead atoms. The SMILES string of the molecule is C=C/C=C(\C(=C/C)C(C)=O)c1ccccn1. The fourth-order valence-corrected chi connectivity index (χ4v) is 1.50. The first-order chi connectivity index (χ1) is 7.70. The lowest BCUT2D eigenvalue weighted by molar-refractivity contribution is -0.113. The van der Waals surface area contributed by atoms with Crippen LogP contribution in [-0.2, 0) is 4.79 Å². The van der Waals surface area contributed by atoms with Gasteiger partial charge in [-0.1, -0.05) is 30.9 Å². The second-order valence-electron chi connectivity index (χ2n) is 3.29. The van der Waals surface area contributed by atoms with E-state index in [0.29, 0.717) is 5.57 Å². The molecule has 0 saturated carbocycles. The maximum Gasteiger partial charge on any atom is 0.160 e. The molecular weight excluding hydrogens is 198 g/mol. The van der Waals surface area contributed by atoms with Crippen molar-refractivity contribution in [3.63, 3.8) is 0 Å². The predicted molar refractivity (Wildman–Crippen MR) is 66.8 cm³/mol. The molecule has 82 valence electrons. The monoisotopic (exact) mass is 213 g/mol. The number of aromatic nitrogens is 1. The minimum absolute atomic E-state index is 0.0289. The van der Waals surface area contributed by atoms with Crippen molar-refractivity contribution in [3.05, 3.63) is 60.5 Å². The van der Waals surface area contributed by atoms with E-state index in [-0.39, 0.29) is 5.78 Å². The van der Waals surface area contributed by atoms with Crippen molar-refractivity contribution in [2.24, 2.45) is 0 Å². The van der Waals surface area contributed by atoms with Gasteiger partial charge in [0.15, 0.2) is 5.78 Å². The molecule has 1 aromatic heterocycles. The van der Waals surface area contributed by atoms with Gasteiger partial charge in [0.2, 0.25) is 0 Å². The molecule has 1 rings (SSSR count). The minimum atomic E-state index is 0.0289. The average Bonchev–Trinajstić information content (AvgIpc) is 2.29. The van der Waals surface area contributed by atoms with Crippen molar-refractivity contribution in [2.75, 3.05) is 0 Å². The van der Waals surface area contributed by atoms with Crippen LogP contribution < -0.4 is 0 Å². The summed E-state index contributed by atoms with van der Waals surface area (Å²) in [5.41, 5.74) is 2.26. The van der Waals surface area contributed by atoms with E-state index in [4.69, 9.17) is 0 Å². The van der Waals surface area contributed by atoms with Crippen molar-refractivity contribution < 1.29 is 4.79 Å². The number of ketones is 1. The molecular formula is C14H15NO. The van der Waals surface area contributed by atoms with E-state index in [1.165, 1.54) is 0 Å². The second kappa shape index (κ2) is 5.81. The summed E-state index contributed by atoms with van der Waals surface area (Å²) in [6.45, 7) is 7.05. The first kappa shape index (κ1) is 12.1. The quantitative estimate of drug-likeness (QED) is 0.568. The van der Waals surface area contributed by atoms with Crippen molar-refractivity contribution in [3.8, 4) is 0 Å². The van der Waals surface area contributed by atoms with Gasteiger partial charge in [0.25, 0.3) is 0 Å². The van der Waals surface area contributed by atoms with Gasteiger partial charge >= 0.3 is 0 Å². The van der Waals surface area contributed by atoms with Crippen LogP contribution in [0.2, 0.25) is 0 Å². The number of carbonyl (C=O) groups is 1. The molecule has 0 aliphatic heterocycles. The van der Waals surface area contributed by atoms with Crippen LogP contribution in [0.25, 0.3) is 5.57 Å². The summed E-state index contributed by atoms with van der Waals surface area (Å²) in [5, 5.41) is 0. The highest BCUT2D eigenvalue weighted by molar-refractivity contribution is 6.08. The molecule has 0 aliphatic rings. The Morgan fingerprint density at radius 3 is 2.62 bits per heavy atom. The van der Waals surface area contributed by atoms with Gasteiger partial charge in [-0.15, -0.1) is 0 Å². The van der Waals surface area contributed by atoms with Gasteiger partial charge < -0.3 is 0 Å². The fraction of sp³-hybridized carbons (Fsp3) is 0.143. The molecule has 2 heteroatoms. The Kier molecular flexibility index (Phi) is 4.40. The zero-order valence-corrected chi connectivity index (χ0v) is 9.60. The number of pyridine rings is 1. The summed E-state index contributed by atoms with van der Waals surface area (Å²) >= 11 is 0. The number of rotatable bonds is 4. The van der Waals surface area contributed by atoms with Crippen molar-refractivity contribution >= 4 is 11.4 Å². The summed E-state index contributed by atoms with van der Waals surface area (Å²) < 4.78 is 0. The van der Waals surface area contributed by atoms with Crippen LogP contribution in [-0.4, -0.2) is 10.8 Å².